The molecule has 0 unspecified atom stereocenters. The highest BCUT2D eigenvalue weighted by molar-refractivity contribution is 6.06. The number of non-ortho nitro benzene ring substituents is 2. The van der Waals surface area contributed by atoms with Crippen LogP contribution in [0.3, 0.4) is 0 Å². The Hall–Kier alpha value is -5.85. The van der Waals surface area contributed by atoms with Crippen LogP contribution in [0, 0.1) is 20.2 Å². The first-order chi connectivity index (χ1) is 18.5. The Bertz CT molecular complexity index is 1790. The topological polar surface area (TPSA) is 165 Å². The van der Waals surface area contributed by atoms with Gasteiger partial charge in [0.15, 0.2) is 0 Å². The third-order valence-electron chi connectivity index (χ3n) is 6.17. The van der Waals surface area contributed by atoms with E-state index in [4.69, 9.17) is 0 Å². The van der Waals surface area contributed by atoms with Crippen LogP contribution in [0.1, 0.15) is 16.4 Å². The van der Waals surface area contributed by atoms with Crippen molar-refractivity contribution in [1.82, 2.24) is 29.5 Å². The fourth-order valence-electron chi connectivity index (χ4n) is 4.51. The van der Waals surface area contributed by atoms with Crippen molar-refractivity contribution in [2.24, 2.45) is 0 Å². The molecule has 0 N–H and O–H groups in total. The maximum atomic E-state index is 13.7. The predicted molar refractivity (Wildman–Crippen MR) is 134 cm³/mol. The molecular formula is C25H14N8O5. The van der Waals surface area contributed by atoms with Crippen LogP contribution in [0.15, 0.2) is 85.5 Å². The summed E-state index contributed by atoms with van der Waals surface area (Å²) in [5.41, 5.74) is 0.781. The normalized spacial score (nSPS) is 11.2. The van der Waals surface area contributed by atoms with Gasteiger partial charge in [0.05, 0.1) is 32.0 Å². The van der Waals surface area contributed by atoms with Gasteiger partial charge >= 0.3 is 0 Å². The number of ketones is 1. The zero-order valence-corrected chi connectivity index (χ0v) is 19.2. The minimum absolute atomic E-state index is 0.0740. The van der Waals surface area contributed by atoms with Crippen LogP contribution in [-0.2, 0) is 0 Å². The lowest BCUT2D eigenvalue weighted by Crippen LogP contribution is -2.15. The number of hydrogen-bond acceptors (Lipinski definition) is 9. The molecule has 6 aromatic rings. The molecule has 0 aliphatic heterocycles. The van der Waals surface area contributed by atoms with Crippen LogP contribution < -0.4 is 0 Å². The van der Waals surface area contributed by atoms with E-state index in [1.54, 1.807) is 48.5 Å². The third kappa shape index (κ3) is 3.45. The van der Waals surface area contributed by atoms with Gasteiger partial charge in [0.25, 0.3) is 17.2 Å². The zero-order chi connectivity index (χ0) is 26.4. The fourth-order valence-corrected chi connectivity index (χ4v) is 4.51. The summed E-state index contributed by atoms with van der Waals surface area (Å²) in [6.07, 6.45) is 2.67. The van der Waals surface area contributed by atoms with Crippen molar-refractivity contribution in [3.63, 3.8) is 0 Å². The summed E-state index contributed by atoms with van der Waals surface area (Å²) in [7, 11) is 0. The van der Waals surface area contributed by atoms with E-state index in [0.717, 1.165) is 0 Å². The van der Waals surface area contributed by atoms with Crippen LogP contribution in [0.5, 0.6) is 0 Å². The molecule has 0 spiro atoms. The summed E-state index contributed by atoms with van der Waals surface area (Å²) in [6.45, 7) is 0. The van der Waals surface area contributed by atoms with Crippen molar-refractivity contribution in [2.45, 2.75) is 0 Å². The molecule has 0 aliphatic rings. The standard InChI is InChI=1S/C25H14N8O5/c34-23(24-28-26-13-30(24)19-9-11-21(32(35)36)17-7-3-1-5-15(17)19)25-29-27-14-31(25)20-10-12-22(33(37)38)18-8-4-2-6-16(18)20/h1-14H. The maximum absolute atomic E-state index is 13.7. The first-order valence-corrected chi connectivity index (χ1v) is 11.1. The number of rotatable bonds is 6. The number of carbonyl (C=O) groups is 1. The average molecular weight is 506 g/mol. The van der Waals surface area contributed by atoms with Crippen LogP contribution in [0.2, 0.25) is 0 Å². The van der Waals surface area contributed by atoms with Gasteiger partial charge in [-0.1, -0.05) is 36.4 Å². The molecule has 0 atom stereocenters. The second-order valence-corrected chi connectivity index (χ2v) is 8.19. The molecule has 0 saturated carbocycles. The Balaban J connectivity index is 1.49. The number of aromatic nitrogens is 6. The van der Waals surface area contributed by atoms with Crippen molar-refractivity contribution < 1.29 is 14.6 Å². The first kappa shape index (κ1) is 22.6. The molecular weight excluding hydrogens is 492 g/mol. The number of benzene rings is 4. The van der Waals surface area contributed by atoms with Crippen molar-refractivity contribution in [3.05, 3.63) is 117 Å². The SMILES string of the molecule is O=C(c1nncn1-c1ccc([N+](=O)[O-])c2ccccc12)c1nncn1-c1ccc([N+](=O)[O-])c2ccccc12. The molecule has 0 saturated heterocycles. The van der Waals surface area contributed by atoms with Gasteiger partial charge in [-0.25, -0.2) is 0 Å². The molecule has 38 heavy (non-hydrogen) atoms. The van der Waals surface area contributed by atoms with Gasteiger partial charge in [0, 0.05) is 22.9 Å². The minimum atomic E-state index is -0.620. The van der Waals surface area contributed by atoms with Gasteiger partial charge in [-0.05, 0) is 24.3 Å². The number of fused-ring (bicyclic) bond motifs is 2. The second kappa shape index (κ2) is 8.67. The van der Waals surface area contributed by atoms with E-state index in [2.05, 4.69) is 20.4 Å². The molecule has 2 aromatic heterocycles. The summed E-state index contributed by atoms with van der Waals surface area (Å²) < 4.78 is 2.86. The van der Waals surface area contributed by atoms with Crippen LogP contribution in [0.4, 0.5) is 11.4 Å². The van der Waals surface area contributed by atoms with Gasteiger partial charge in [-0.2, -0.15) is 0 Å². The summed E-state index contributed by atoms with van der Waals surface area (Å²) >= 11 is 0. The molecule has 13 nitrogen and oxygen atoms in total. The molecule has 184 valence electrons. The third-order valence-corrected chi connectivity index (χ3v) is 6.17. The molecule has 2 heterocycles. The van der Waals surface area contributed by atoms with Gasteiger partial charge < -0.3 is 0 Å². The largest absolute Gasteiger partial charge is 0.281 e. The van der Waals surface area contributed by atoms with Crippen molar-refractivity contribution >= 4 is 38.7 Å². The Morgan fingerprint density at radius 2 is 1.00 bits per heavy atom. The predicted octanol–water partition coefficient (Wildman–Crippen LogP) is 4.20. The van der Waals surface area contributed by atoms with E-state index in [9.17, 15) is 25.0 Å². The molecule has 6 rings (SSSR count). The minimum Gasteiger partial charge on any atom is -0.281 e. The maximum Gasteiger partial charge on any atom is 0.277 e. The van der Waals surface area contributed by atoms with E-state index < -0.39 is 15.6 Å². The lowest BCUT2D eigenvalue weighted by atomic mass is 10.1. The number of nitrogens with zero attached hydrogens (tertiary/aromatic N) is 8. The van der Waals surface area contributed by atoms with Gasteiger partial charge in [0.2, 0.25) is 11.6 Å². The number of nitro groups is 2. The molecule has 13 heteroatoms. The molecule has 0 bridgehead atoms. The summed E-state index contributed by atoms with van der Waals surface area (Å²) in [5, 5.41) is 40.7. The fraction of sp³-hybridized carbons (Fsp3) is 0. The van der Waals surface area contributed by atoms with Crippen LogP contribution in [-0.4, -0.2) is 45.2 Å². The van der Waals surface area contributed by atoms with Gasteiger partial charge in [-0.3, -0.25) is 34.2 Å². The van der Waals surface area contributed by atoms with E-state index in [1.165, 1.54) is 46.1 Å². The molecule has 0 fully saturated rings. The van der Waals surface area contributed by atoms with Gasteiger partial charge in [0.1, 0.15) is 12.7 Å². The van der Waals surface area contributed by atoms with Gasteiger partial charge in [-0.15, -0.1) is 20.4 Å². The van der Waals surface area contributed by atoms with E-state index in [-0.39, 0.29) is 23.0 Å². The average Bonchev–Trinajstić information content (AvgIpc) is 3.61. The van der Waals surface area contributed by atoms with Crippen molar-refractivity contribution in [2.75, 3.05) is 0 Å². The zero-order valence-electron chi connectivity index (χ0n) is 19.2. The van der Waals surface area contributed by atoms with Crippen molar-refractivity contribution in [1.29, 1.82) is 0 Å². The van der Waals surface area contributed by atoms with E-state index in [1.807, 2.05) is 0 Å². The lowest BCUT2D eigenvalue weighted by Gasteiger charge is -2.11. The van der Waals surface area contributed by atoms with Crippen molar-refractivity contribution in [3.8, 4) is 11.4 Å². The molecule has 0 radical (unpaired) electrons. The summed E-state index contributed by atoms with van der Waals surface area (Å²) in [5.74, 6) is -0.807. The highest BCUT2D eigenvalue weighted by atomic mass is 16.6. The van der Waals surface area contributed by atoms with Crippen LogP contribution in [0.25, 0.3) is 32.9 Å². The Labute approximate surface area is 211 Å². The molecule has 4 aromatic carbocycles. The van der Waals surface area contributed by atoms with E-state index >= 15 is 0 Å². The van der Waals surface area contributed by atoms with E-state index in [0.29, 0.717) is 32.9 Å². The summed E-state index contributed by atoms with van der Waals surface area (Å²) in [6, 6.07) is 19.3. The highest BCUT2D eigenvalue weighted by Gasteiger charge is 2.26. The lowest BCUT2D eigenvalue weighted by molar-refractivity contribution is -0.383. The molecule has 0 aliphatic carbocycles. The second-order valence-electron chi connectivity index (χ2n) is 8.19. The Morgan fingerprint density at radius 1 is 0.605 bits per heavy atom. The summed E-state index contributed by atoms with van der Waals surface area (Å²) in [4.78, 5) is 35.8. The number of hydrogen-bond donors (Lipinski definition) is 0. The highest BCUT2D eigenvalue weighted by Crippen LogP contribution is 2.33. The Morgan fingerprint density at radius 3 is 1.39 bits per heavy atom. The monoisotopic (exact) mass is 506 g/mol. The quantitative estimate of drug-likeness (QED) is 0.183. The van der Waals surface area contributed by atoms with Crippen LogP contribution >= 0.6 is 0 Å². The molecule has 0 amide bonds. The Kier molecular flexibility index (Phi) is 5.16. The number of carbonyl (C=O) groups excluding carboxylic acids is 1. The smallest absolute Gasteiger partial charge is 0.277 e. The first-order valence-electron chi connectivity index (χ1n) is 11.1. The number of nitro benzene ring substituents is 2.